The van der Waals surface area contributed by atoms with E-state index in [0.717, 1.165) is 92.0 Å². The van der Waals surface area contributed by atoms with Gasteiger partial charge in [-0.1, -0.05) is 58.0 Å². The number of anilines is 7. The Balaban J connectivity index is 0.000000288. The van der Waals surface area contributed by atoms with Crippen LogP contribution in [-0.2, 0) is 51.8 Å². The highest BCUT2D eigenvalue weighted by Crippen LogP contribution is 2.36. The van der Waals surface area contributed by atoms with Crippen LogP contribution >= 0.6 is 58.0 Å². The Kier molecular flexibility index (Phi) is 39.7. The summed E-state index contributed by atoms with van der Waals surface area (Å²) in [6.45, 7) is 0.433. The average Bonchev–Trinajstić information content (AvgIpc) is 0.804. The number of pyridine rings is 4. The van der Waals surface area contributed by atoms with Gasteiger partial charge < -0.3 is 86.5 Å². The molecule has 0 fully saturated rings. The van der Waals surface area contributed by atoms with Gasteiger partial charge in [-0.3, -0.25) is 14.4 Å². The van der Waals surface area contributed by atoms with E-state index in [1.54, 1.807) is 13.0 Å². The van der Waals surface area contributed by atoms with Crippen LogP contribution in [0.4, 0.5) is 116 Å². The van der Waals surface area contributed by atoms with Gasteiger partial charge in [0.2, 0.25) is 5.75 Å². The Bertz CT molecular complexity index is 5970. The van der Waals surface area contributed by atoms with Gasteiger partial charge >= 0.3 is 13.1 Å². The number of nitrogens with two attached hydrogens (primary N) is 3. The summed E-state index contributed by atoms with van der Waals surface area (Å²) in [6.07, 6.45) is 0. The third kappa shape index (κ3) is 26.9. The molecule has 0 aliphatic rings. The Hall–Kier alpha value is -13.4. The lowest BCUT2D eigenvalue weighted by Crippen LogP contribution is -2.31. The average molecular weight is 1900 g/mol. The molecule has 23 N–H and O–H groups in total. The molecule has 128 heavy (non-hydrogen) atoms. The molecule has 0 spiro atoms. The summed E-state index contributed by atoms with van der Waals surface area (Å²) in [7, 11) is -1.02. The van der Waals surface area contributed by atoms with Gasteiger partial charge in [-0.25, -0.2) is 101 Å². The van der Waals surface area contributed by atoms with Crippen molar-refractivity contribution in [2.45, 2.75) is 39.7 Å². The maximum atomic E-state index is 14.4. The zero-order valence-corrected chi connectivity index (χ0v) is 69.4. The minimum atomic E-state index is -2.00. The minimum absolute atomic E-state index is 0. The first kappa shape index (κ1) is 105. The number of methoxy groups -OCH3 is 1. The molecule has 0 unspecified atom stereocenters. The van der Waals surface area contributed by atoms with Crippen LogP contribution in [0.25, 0.3) is 33.8 Å². The third-order valence-corrected chi connectivity index (χ3v) is 18.7. The van der Waals surface area contributed by atoms with Crippen molar-refractivity contribution >= 4 is 141 Å². The molecule has 12 aromatic rings. The van der Waals surface area contributed by atoms with Crippen LogP contribution in [0.1, 0.15) is 55.5 Å². The highest BCUT2D eigenvalue weighted by molar-refractivity contribution is 6.58. The molecule has 0 saturated heterocycles. The van der Waals surface area contributed by atoms with E-state index >= 15 is 0 Å². The van der Waals surface area contributed by atoms with Crippen molar-refractivity contribution in [2.24, 2.45) is 5.11 Å². The van der Waals surface area contributed by atoms with Crippen molar-refractivity contribution in [3.8, 4) is 39.5 Å². The second-order valence-corrected chi connectivity index (χ2v) is 26.8. The van der Waals surface area contributed by atoms with Crippen LogP contribution in [0.5, 0.6) is 5.75 Å². The first-order valence-corrected chi connectivity index (χ1v) is 36.9. The molecule has 1 amide bonds. The maximum absolute atomic E-state index is 14.4. The van der Waals surface area contributed by atoms with Gasteiger partial charge in [0.15, 0.2) is 23.3 Å². The Labute approximate surface area is 739 Å². The minimum Gasteiger partial charge on any atom is -0.465 e. The van der Waals surface area contributed by atoms with Crippen molar-refractivity contribution in [1.82, 2.24) is 43.7 Å². The second kappa shape index (κ2) is 48.4. The number of carbonyl (C=O) groups is 4. The molecule has 4 heterocycles. The monoisotopic (exact) mass is 1900 g/mol. The summed E-state index contributed by atoms with van der Waals surface area (Å²) >= 11 is 28.8. The van der Waals surface area contributed by atoms with Gasteiger partial charge in [-0.15, -0.1) is 0 Å². The fraction of sp³-hybridized carbons (Fsp3) is 0.100. The smallest absolute Gasteiger partial charge is 0.465 e. The number of rotatable bonds is 25. The molecule has 4 aromatic heterocycles. The summed E-state index contributed by atoms with van der Waals surface area (Å²) in [4.78, 5) is 59.8. The number of hydrogen-bond acceptors (Lipinski definition) is 25. The van der Waals surface area contributed by atoms with Crippen LogP contribution in [0.3, 0.4) is 0 Å². The fourth-order valence-corrected chi connectivity index (χ4v) is 11.7. The van der Waals surface area contributed by atoms with E-state index in [1.165, 1.54) is 42.5 Å². The number of nitrogen functional groups attached to an aromatic ring is 3. The van der Waals surface area contributed by atoms with Crippen LogP contribution in [0, 0.1) is 98.6 Å². The molecule has 12 rings (SSSR count). The predicted molar refractivity (Wildman–Crippen MR) is 449 cm³/mol. The Morgan fingerprint density at radius 1 is 0.430 bits per heavy atom. The first-order valence-electron chi connectivity index (χ1n) is 35.0. The van der Waals surface area contributed by atoms with Crippen LogP contribution in [0.2, 0.25) is 25.2 Å². The van der Waals surface area contributed by atoms with E-state index in [0.29, 0.717) is 17.8 Å². The first-order chi connectivity index (χ1) is 59.3. The summed E-state index contributed by atoms with van der Waals surface area (Å²) in [5.74, 6) is -17.0. The molecule has 26 nitrogen and oxygen atoms in total. The largest absolute Gasteiger partial charge is 0.488 e. The summed E-state index contributed by atoms with van der Waals surface area (Å²) < 4.78 is 234. The van der Waals surface area contributed by atoms with Gasteiger partial charge in [-0.2, -0.15) is 5.11 Å². The molecular formula is C80H67BCl5F16N17O9. The molecule has 0 aliphatic carbocycles. The standard InChI is InChI=1S/C21H16ClF4N5O.C20H14ClF4N3O2.C19H12ClF4N3O2.C12H9Cl2F2N3.C8H7BF2O4.3H3N/c1-2-28-21(32)18-14(25)7-10(8-15(18)26)16-5-6-17(31-27)20(30-16)29-9-11-12(23)3-4-13(24)19(11)22;21-19-11(13(22)1-2-14(19)23)7-27-20-17(26)3-4-18(28-20)10-5-15(24)12(8-30-9-29)16(25)6-10;20-17-10(11(21)1-2-12(17)22)7-26-19-15(25)3-4-16(27-19)9-5-13(23)18(29-8-28)14(24)6-9;13-10-4-3-9(17)12(19-10)18-5-6-7(15)1-2-8(16)11(6)14;1-15-8(12)7-5(10)2-4(9(13)14)3-6(7)11;;;/h3-8,27H,2,9H2,1H3,(H,28,32)(H,29,30);1-6,9H,7-8,26H2,(H,27,28);1-6,8H,7,25H2,(H,26,27);1-4H,5,17H2,(H,18,19);2-3,13-14H,1H3;3*1H3. The lowest BCUT2D eigenvalue weighted by Gasteiger charge is -2.13. The SMILES string of the molecule is CCNC(=O)c1c(F)cc(-c2ccc(N=N)c(NCc3c(F)ccc(F)c3Cl)n2)cc1F.COC(=O)c1c(F)cc(B(O)O)cc1F.N.N.N.Nc1ccc(-c2cc(F)c(COC=O)c(F)c2)nc1NCc1c(F)ccc(F)c1Cl.Nc1ccc(-c2cc(F)c(OC=O)c(F)c2)nc1NCc1c(F)ccc(F)c1Cl.Nc1ccc(Cl)nc1NCc1c(F)ccc(F)c1Cl. The van der Waals surface area contributed by atoms with Gasteiger partial charge in [-0.05, 0) is 158 Å². The van der Waals surface area contributed by atoms with Gasteiger partial charge in [0, 0.05) is 71.7 Å². The summed E-state index contributed by atoms with van der Waals surface area (Å²) in [5, 5.41) is 32.7. The van der Waals surface area contributed by atoms with Crippen molar-refractivity contribution in [2.75, 3.05) is 52.1 Å². The number of nitrogens with one attached hydrogen (secondary N) is 6. The van der Waals surface area contributed by atoms with E-state index in [2.05, 4.69) is 65.8 Å². The number of halogens is 21. The molecule has 48 heteroatoms. The van der Waals surface area contributed by atoms with E-state index in [4.69, 9.17) is 90.8 Å². The Morgan fingerprint density at radius 3 is 1.11 bits per heavy atom. The molecule has 0 radical (unpaired) electrons. The number of esters is 1. The summed E-state index contributed by atoms with van der Waals surface area (Å²) in [5.41, 5.74) is 23.1. The van der Waals surface area contributed by atoms with Crippen molar-refractivity contribution in [1.29, 1.82) is 5.53 Å². The highest BCUT2D eigenvalue weighted by Gasteiger charge is 2.26. The number of hydrogen-bond donors (Lipinski definition) is 14. The zero-order chi connectivity index (χ0) is 92.0. The number of nitrogens with zero attached hydrogens (tertiary/aromatic N) is 5. The van der Waals surface area contributed by atoms with Gasteiger partial charge in [0.25, 0.3) is 18.9 Å². The molecular weight excluding hydrogens is 1840 g/mol. The maximum Gasteiger partial charge on any atom is 0.488 e. The van der Waals surface area contributed by atoms with E-state index < -0.39 is 146 Å². The molecule has 676 valence electrons. The van der Waals surface area contributed by atoms with Crippen LogP contribution < -0.4 is 72.4 Å². The van der Waals surface area contributed by atoms with Crippen molar-refractivity contribution in [3.05, 3.63) is 303 Å². The molecule has 0 saturated carbocycles. The number of benzene rings is 8. The van der Waals surface area contributed by atoms with Crippen molar-refractivity contribution in [3.63, 3.8) is 0 Å². The second-order valence-electron chi connectivity index (χ2n) is 24.9. The van der Waals surface area contributed by atoms with Crippen LogP contribution in [-0.4, -0.2) is 75.6 Å². The highest BCUT2D eigenvalue weighted by atomic mass is 35.5. The number of aromatic nitrogens is 4. The lowest BCUT2D eigenvalue weighted by atomic mass is 9.80. The third-order valence-electron chi connectivity index (χ3n) is 16.9. The fourth-order valence-electron chi connectivity index (χ4n) is 10.7. The Morgan fingerprint density at radius 2 is 0.758 bits per heavy atom. The number of carbonyl (C=O) groups excluding carboxylic acids is 4. The predicted octanol–water partition coefficient (Wildman–Crippen LogP) is 19.3. The van der Waals surface area contributed by atoms with E-state index in [9.17, 15) is 89.4 Å². The van der Waals surface area contributed by atoms with Gasteiger partial charge in [0.05, 0.1) is 66.9 Å². The lowest BCUT2D eigenvalue weighted by molar-refractivity contribution is -0.130. The molecule has 0 bridgehead atoms. The summed E-state index contributed by atoms with van der Waals surface area (Å²) in [6, 6.07) is 26.0. The van der Waals surface area contributed by atoms with E-state index in [1.807, 2.05) is 0 Å². The molecule has 0 aliphatic heterocycles. The molecule has 0 atom stereocenters. The zero-order valence-electron chi connectivity index (χ0n) is 65.6. The molecule has 8 aromatic carbocycles. The van der Waals surface area contributed by atoms with Crippen molar-refractivity contribution < 1.29 is 114 Å². The van der Waals surface area contributed by atoms with Gasteiger partial charge in [0.1, 0.15) is 122 Å². The van der Waals surface area contributed by atoms with Crippen LogP contribution in [0.15, 0.2) is 151 Å². The normalized spacial score (nSPS) is 10.3. The quantitative estimate of drug-likeness (QED) is 0.00480. The number of ether oxygens (including phenoxy) is 3. The van der Waals surface area contributed by atoms with E-state index in [-0.39, 0.29) is 186 Å². The number of amides is 1. The topological polar surface area (TPSA) is 467 Å².